The standard InChI is InChI=1S/C23H30N2O4S/c1-16-9-10-17(2)22(15-16)25-30(27,28)21-13-11-20(12-14-21)29-18(3)23(26)24-19-7-5-4-6-8-19/h9-15,18-19,25H,4-8H2,1-3H3,(H,24,26)/t18-/m0/s1. The van der Waals surface area contributed by atoms with E-state index in [1.165, 1.54) is 18.6 Å². The molecule has 0 radical (unpaired) electrons. The van der Waals surface area contributed by atoms with E-state index >= 15 is 0 Å². The molecule has 0 aromatic heterocycles. The molecule has 2 N–H and O–H groups in total. The molecular formula is C23H30N2O4S. The third-order valence-electron chi connectivity index (χ3n) is 5.41. The zero-order valence-corrected chi connectivity index (χ0v) is 18.6. The third-order valence-corrected chi connectivity index (χ3v) is 6.79. The molecule has 1 atom stereocenters. The van der Waals surface area contributed by atoms with E-state index in [4.69, 9.17) is 4.74 Å². The Morgan fingerprint density at radius 2 is 1.70 bits per heavy atom. The highest BCUT2D eigenvalue weighted by Gasteiger charge is 2.21. The van der Waals surface area contributed by atoms with Crippen LogP contribution in [0.15, 0.2) is 47.4 Å². The number of amides is 1. The van der Waals surface area contributed by atoms with E-state index in [0.29, 0.717) is 11.4 Å². The predicted molar refractivity (Wildman–Crippen MR) is 118 cm³/mol. The van der Waals surface area contributed by atoms with Crippen LogP contribution in [-0.2, 0) is 14.8 Å². The van der Waals surface area contributed by atoms with Crippen molar-refractivity contribution in [1.29, 1.82) is 0 Å². The molecule has 1 amide bonds. The molecule has 1 aliphatic rings. The molecular weight excluding hydrogens is 400 g/mol. The topological polar surface area (TPSA) is 84.5 Å². The molecule has 6 nitrogen and oxygen atoms in total. The summed E-state index contributed by atoms with van der Waals surface area (Å²) in [5.74, 6) is 0.308. The van der Waals surface area contributed by atoms with Gasteiger partial charge in [0.2, 0.25) is 0 Å². The van der Waals surface area contributed by atoms with Crippen LogP contribution in [0.2, 0.25) is 0 Å². The van der Waals surface area contributed by atoms with Crippen molar-refractivity contribution in [2.45, 2.75) is 69.9 Å². The van der Waals surface area contributed by atoms with Crippen molar-refractivity contribution in [1.82, 2.24) is 5.32 Å². The van der Waals surface area contributed by atoms with Crippen molar-refractivity contribution in [2.24, 2.45) is 0 Å². The number of carbonyl (C=O) groups excluding carboxylic acids is 1. The van der Waals surface area contributed by atoms with Crippen molar-refractivity contribution < 1.29 is 17.9 Å². The number of carbonyl (C=O) groups is 1. The summed E-state index contributed by atoms with van der Waals surface area (Å²) in [6, 6.07) is 11.9. The number of benzene rings is 2. The largest absolute Gasteiger partial charge is 0.481 e. The van der Waals surface area contributed by atoms with Gasteiger partial charge in [0.05, 0.1) is 10.6 Å². The van der Waals surface area contributed by atoms with Gasteiger partial charge in [0.25, 0.3) is 15.9 Å². The summed E-state index contributed by atoms with van der Waals surface area (Å²) in [4.78, 5) is 12.5. The maximum Gasteiger partial charge on any atom is 0.261 e. The van der Waals surface area contributed by atoms with Crippen molar-refractivity contribution in [3.05, 3.63) is 53.6 Å². The summed E-state index contributed by atoms with van der Waals surface area (Å²) in [7, 11) is -3.72. The second kappa shape index (κ2) is 9.51. The van der Waals surface area contributed by atoms with Gasteiger partial charge in [0, 0.05) is 6.04 Å². The lowest BCUT2D eigenvalue weighted by atomic mass is 9.95. The van der Waals surface area contributed by atoms with Crippen molar-refractivity contribution in [3.63, 3.8) is 0 Å². The molecule has 3 rings (SSSR count). The molecule has 0 spiro atoms. The number of hydrogen-bond acceptors (Lipinski definition) is 4. The Bertz CT molecular complexity index is 981. The maximum absolute atomic E-state index is 12.7. The molecule has 0 unspecified atom stereocenters. The summed E-state index contributed by atoms with van der Waals surface area (Å²) in [6.45, 7) is 5.47. The van der Waals surface area contributed by atoms with E-state index in [-0.39, 0.29) is 16.8 Å². The Hall–Kier alpha value is -2.54. The van der Waals surface area contributed by atoms with E-state index in [2.05, 4.69) is 10.0 Å². The van der Waals surface area contributed by atoms with Gasteiger partial charge in [-0.2, -0.15) is 0 Å². The highest BCUT2D eigenvalue weighted by molar-refractivity contribution is 7.92. The van der Waals surface area contributed by atoms with Gasteiger partial charge in [-0.1, -0.05) is 31.4 Å². The molecule has 0 heterocycles. The average Bonchev–Trinajstić information content (AvgIpc) is 2.71. The summed E-state index contributed by atoms with van der Waals surface area (Å²) in [5.41, 5.74) is 2.38. The van der Waals surface area contributed by atoms with Crippen molar-refractivity contribution >= 4 is 21.6 Å². The second-order valence-corrected chi connectivity index (χ2v) is 9.68. The maximum atomic E-state index is 12.7. The lowest BCUT2D eigenvalue weighted by Crippen LogP contribution is -2.43. The van der Waals surface area contributed by atoms with Crippen LogP contribution in [0.4, 0.5) is 5.69 Å². The molecule has 1 fully saturated rings. The highest BCUT2D eigenvalue weighted by atomic mass is 32.2. The van der Waals surface area contributed by atoms with Crippen LogP contribution in [-0.4, -0.2) is 26.5 Å². The number of anilines is 1. The summed E-state index contributed by atoms with van der Waals surface area (Å²) >= 11 is 0. The molecule has 2 aromatic rings. The Balaban J connectivity index is 1.62. The summed E-state index contributed by atoms with van der Waals surface area (Å²) < 4.78 is 33.8. The normalized spacial score (nSPS) is 16.0. The number of ether oxygens (including phenoxy) is 1. The number of nitrogens with one attached hydrogen (secondary N) is 2. The Morgan fingerprint density at radius 1 is 1.03 bits per heavy atom. The minimum atomic E-state index is -3.72. The summed E-state index contributed by atoms with van der Waals surface area (Å²) in [5, 5.41) is 3.04. The van der Waals surface area contributed by atoms with Gasteiger partial charge in [0.15, 0.2) is 6.10 Å². The van der Waals surface area contributed by atoms with Gasteiger partial charge in [-0.15, -0.1) is 0 Å². The molecule has 7 heteroatoms. The SMILES string of the molecule is Cc1ccc(C)c(NS(=O)(=O)c2ccc(O[C@@H](C)C(=O)NC3CCCCC3)cc2)c1. The minimum Gasteiger partial charge on any atom is -0.481 e. The molecule has 0 aliphatic heterocycles. The van der Waals surface area contributed by atoms with Crippen LogP contribution >= 0.6 is 0 Å². The smallest absolute Gasteiger partial charge is 0.261 e. The van der Waals surface area contributed by atoms with Gasteiger partial charge in [-0.3, -0.25) is 9.52 Å². The van der Waals surface area contributed by atoms with Gasteiger partial charge in [-0.25, -0.2) is 8.42 Å². The van der Waals surface area contributed by atoms with Gasteiger partial charge < -0.3 is 10.1 Å². The first kappa shape index (κ1) is 22.2. The molecule has 2 aromatic carbocycles. The fourth-order valence-electron chi connectivity index (χ4n) is 3.57. The monoisotopic (exact) mass is 430 g/mol. The van der Waals surface area contributed by atoms with E-state index in [0.717, 1.165) is 36.8 Å². The molecule has 0 saturated heterocycles. The zero-order valence-electron chi connectivity index (χ0n) is 17.8. The van der Waals surface area contributed by atoms with Crippen molar-refractivity contribution in [2.75, 3.05) is 4.72 Å². The van der Waals surface area contributed by atoms with Crippen LogP contribution in [0, 0.1) is 13.8 Å². The number of aryl methyl sites for hydroxylation is 2. The molecule has 30 heavy (non-hydrogen) atoms. The van der Waals surface area contributed by atoms with Gasteiger partial charge in [-0.05, 0) is 75.1 Å². The van der Waals surface area contributed by atoms with Crippen LogP contribution in [0.5, 0.6) is 5.75 Å². The third kappa shape index (κ3) is 5.75. The lowest BCUT2D eigenvalue weighted by molar-refractivity contribution is -0.128. The first-order valence-corrected chi connectivity index (χ1v) is 11.9. The van der Waals surface area contributed by atoms with E-state index in [1.807, 2.05) is 26.0 Å². The quantitative estimate of drug-likeness (QED) is 0.685. The fourth-order valence-corrected chi connectivity index (χ4v) is 4.69. The Kier molecular flexibility index (Phi) is 7.02. The van der Waals surface area contributed by atoms with E-state index < -0.39 is 16.1 Å². The summed E-state index contributed by atoms with van der Waals surface area (Å²) in [6.07, 6.45) is 4.89. The average molecular weight is 431 g/mol. The van der Waals surface area contributed by atoms with Crippen LogP contribution in [0.1, 0.15) is 50.2 Å². The Morgan fingerprint density at radius 3 is 2.37 bits per heavy atom. The minimum absolute atomic E-state index is 0.134. The molecule has 0 bridgehead atoms. The second-order valence-electron chi connectivity index (χ2n) is 8.00. The lowest BCUT2D eigenvalue weighted by Gasteiger charge is -2.24. The van der Waals surface area contributed by atoms with E-state index in [9.17, 15) is 13.2 Å². The predicted octanol–water partition coefficient (Wildman–Crippen LogP) is 4.32. The number of hydrogen-bond donors (Lipinski definition) is 2. The first-order valence-electron chi connectivity index (χ1n) is 10.4. The fraction of sp³-hybridized carbons (Fsp3) is 0.435. The first-order chi connectivity index (χ1) is 14.2. The van der Waals surface area contributed by atoms with Gasteiger partial charge >= 0.3 is 0 Å². The van der Waals surface area contributed by atoms with Crippen LogP contribution in [0.3, 0.4) is 0 Å². The van der Waals surface area contributed by atoms with E-state index in [1.54, 1.807) is 25.1 Å². The number of sulfonamides is 1. The highest BCUT2D eigenvalue weighted by Crippen LogP contribution is 2.23. The van der Waals surface area contributed by atoms with Crippen LogP contribution in [0.25, 0.3) is 0 Å². The van der Waals surface area contributed by atoms with Crippen LogP contribution < -0.4 is 14.8 Å². The molecule has 1 saturated carbocycles. The van der Waals surface area contributed by atoms with Gasteiger partial charge in [0.1, 0.15) is 5.75 Å². The zero-order chi connectivity index (χ0) is 21.7. The van der Waals surface area contributed by atoms with Crippen molar-refractivity contribution in [3.8, 4) is 5.75 Å². The Labute approximate surface area is 179 Å². The molecule has 162 valence electrons. The molecule has 1 aliphatic carbocycles. The number of rotatable bonds is 7.